The van der Waals surface area contributed by atoms with Gasteiger partial charge in [-0.15, -0.1) is 10.2 Å². The van der Waals surface area contributed by atoms with Crippen LogP contribution in [0.5, 0.6) is 0 Å². The fourth-order valence-electron chi connectivity index (χ4n) is 3.96. The zero-order valence-corrected chi connectivity index (χ0v) is 16.5. The van der Waals surface area contributed by atoms with Crippen molar-refractivity contribution >= 4 is 35.3 Å². The molecule has 1 unspecified atom stereocenters. The number of rotatable bonds is 4. The molecule has 9 heteroatoms. The largest absolute Gasteiger partial charge is 0.323 e. The van der Waals surface area contributed by atoms with Crippen LogP contribution in [0.3, 0.4) is 0 Å². The van der Waals surface area contributed by atoms with Crippen molar-refractivity contribution in [2.45, 2.75) is 44.9 Å². The molecule has 29 heavy (non-hydrogen) atoms. The summed E-state index contributed by atoms with van der Waals surface area (Å²) in [6.07, 6.45) is 7.71. The normalized spacial score (nSPS) is 19.9. The molecule has 4 rings (SSSR count). The van der Waals surface area contributed by atoms with E-state index in [9.17, 15) is 14.0 Å². The second-order valence-corrected chi connectivity index (χ2v) is 8.05. The van der Waals surface area contributed by atoms with Gasteiger partial charge in [-0.25, -0.2) is 9.38 Å². The molecular weight excluding hydrogens is 397 g/mol. The predicted molar refractivity (Wildman–Crippen MR) is 107 cm³/mol. The van der Waals surface area contributed by atoms with Crippen LogP contribution in [0.15, 0.2) is 17.1 Å². The first-order chi connectivity index (χ1) is 14.0. The van der Waals surface area contributed by atoms with Crippen molar-refractivity contribution in [2.75, 3.05) is 5.32 Å². The summed E-state index contributed by atoms with van der Waals surface area (Å²) in [5.74, 6) is -0.911. The topological polar surface area (TPSA) is 100 Å². The van der Waals surface area contributed by atoms with Gasteiger partial charge in [0.15, 0.2) is 0 Å². The fourth-order valence-corrected chi connectivity index (χ4v) is 4.18. The van der Waals surface area contributed by atoms with Gasteiger partial charge in [0.05, 0.1) is 11.6 Å². The first-order valence-electron chi connectivity index (χ1n) is 9.78. The summed E-state index contributed by atoms with van der Waals surface area (Å²) in [5, 5.41) is 10.8. The molecule has 2 aromatic rings. The highest BCUT2D eigenvalue weighted by Crippen LogP contribution is 2.30. The highest BCUT2D eigenvalue weighted by molar-refractivity contribution is 6.30. The summed E-state index contributed by atoms with van der Waals surface area (Å²) in [6, 6.07) is 2.79. The van der Waals surface area contributed by atoms with Gasteiger partial charge in [0, 0.05) is 17.7 Å². The number of nitrogens with zero attached hydrogens (tertiary/aromatic N) is 3. The van der Waals surface area contributed by atoms with E-state index in [1.165, 1.54) is 31.9 Å². The Hall–Kier alpha value is -2.61. The molecule has 1 fully saturated rings. The fraction of sp³-hybridized carbons (Fsp3) is 0.450. The number of hydrogen-bond donors (Lipinski definition) is 2. The molecule has 2 heterocycles. The van der Waals surface area contributed by atoms with Crippen molar-refractivity contribution in [3.05, 3.63) is 40.2 Å². The van der Waals surface area contributed by atoms with Crippen LogP contribution in [0, 0.1) is 17.7 Å². The molecule has 0 radical (unpaired) electrons. The van der Waals surface area contributed by atoms with Gasteiger partial charge in [-0.3, -0.25) is 9.59 Å². The molecule has 1 aromatic heterocycles. The number of benzene rings is 1. The summed E-state index contributed by atoms with van der Waals surface area (Å²) in [5.41, 5.74) is 0.755. The molecule has 1 aromatic carbocycles. The number of aliphatic imine (C=N–C) groups is 1. The van der Waals surface area contributed by atoms with Crippen molar-refractivity contribution < 1.29 is 14.0 Å². The van der Waals surface area contributed by atoms with Gasteiger partial charge in [-0.1, -0.05) is 37.3 Å². The maximum absolute atomic E-state index is 14.1. The van der Waals surface area contributed by atoms with Gasteiger partial charge in [0.2, 0.25) is 11.7 Å². The summed E-state index contributed by atoms with van der Waals surface area (Å²) in [4.78, 5) is 31.5. The lowest BCUT2D eigenvalue weighted by Gasteiger charge is -2.09. The van der Waals surface area contributed by atoms with E-state index in [0.29, 0.717) is 30.1 Å². The van der Waals surface area contributed by atoms with Crippen LogP contribution in [-0.4, -0.2) is 33.2 Å². The molecule has 1 aliphatic heterocycles. The molecule has 0 spiro atoms. The van der Waals surface area contributed by atoms with Crippen molar-refractivity contribution in [1.82, 2.24) is 15.2 Å². The number of H-pyrrole nitrogens is 1. The molecule has 1 atom stereocenters. The highest BCUT2D eigenvalue weighted by atomic mass is 35.5. The number of hydrogen-bond acceptors (Lipinski definition) is 4. The molecule has 0 bridgehead atoms. The number of halogens is 2. The van der Waals surface area contributed by atoms with Crippen LogP contribution in [-0.2, 0) is 17.6 Å². The summed E-state index contributed by atoms with van der Waals surface area (Å²) in [7, 11) is 0. The van der Waals surface area contributed by atoms with Crippen molar-refractivity contribution in [1.29, 1.82) is 0 Å². The van der Waals surface area contributed by atoms with Crippen LogP contribution in [0.1, 0.15) is 54.1 Å². The Bertz CT molecular complexity index is 968. The highest BCUT2D eigenvalue weighted by Gasteiger charge is 2.25. The van der Waals surface area contributed by atoms with Crippen molar-refractivity contribution in [3.8, 4) is 0 Å². The summed E-state index contributed by atoms with van der Waals surface area (Å²) < 4.78 is 14.1. The van der Waals surface area contributed by atoms with E-state index in [1.807, 2.05) is 0 Å². The SMILES string of the molecule is O=C(/N=C/C1CCc2cc(Cl)cc(F)c2NC1=O)c1nnc(CC2CCCC2)[nH]1. The van der Waals surface area contributed by atoms with E-state index in [2.05, 4.69) is 25.5 Å². The van der Waals surface area contributed by atoms with E-state index in [-0.39, 0.29) is 16.5 Å². The predicted octanol–water partition coefficient (Wildman–Crippen LogP) is 3.74. The van der Waals surface area contributed by atoms with Gasteiger partial charge >= 0.3 is 5.91 Å². The third kappa shape index (κ3) is 4.53. The van der Waals surface area contributed by atoms with E-state index < -0.39 is 23.5 Å². The standard InChI is InChI=1S/C20H21ClFN5O2/c21-14-8-12-5-6-13(19(28)25-17(12)15(22)9-14)10-23-20(29)18-24-16(26-27-18)7-11-3-1-2-4-11/h8-11,13H,1-7H2,(H,25,28)(H,24,26,27)/b23-10+. The number of nitrogens with one attached hydrogen (secondary N) is 2. The number of carbonyl (C=O) groups excluding carboxylic acids is 2. The van der Waals surface area contributed by atoms with Crippen molar-refractivity contribution in [3.63, 3.8) is 0 Å². The zero-order valence-electron chi connectivity index (χ0n) is 15.8. The first kappa shape index (κ1) is 19.7. The Morgan fingerprint density at radius 1 is 1.28 bits per heavy atom. The smallest absolute Gasteiger partial charge is 0.314 e. The van der Waals surface area contributed by atoms with Crippen LogP contribution >= 0.6 is 11.6 Å². The molecule has 2 amide bonds. The van der Waals surface area contributed by atoms with Gasteiger partial charge < -0.3 is 10.3 Å². The van der Waals surface area contributed by atoms with Crippen molar-refractivity contribution in [2.24, 2.45) is 16.8 Å². The number of aromatic nitrogens is 3. The van der Waals surface area contributed by atoms with Gasteiger partial charge in [0.1, 0.15) is 11.6 Å². The molecule has 2 aliphatic rings. The van der Waals surface area contributed by atoms with Crippen LogP contribution < -0.4 is 5.32 Å². The number of aromatic amines is 1. The minimum Gasteiger partial charge on any atom is -0.323 e. The van der Waals surface area contributed by atoms with E-state index in [4.69, 9.17) is 11.6 Å². The maximum atomic E-state index is 14.1. The Morgan fingerprint density at radius 2 is 2.07 bits per heavy atom. The lowest BCUT2D eigenvalue weighted by atomic mass is 10.0. The Labute approximate surface area is 172 Å². The minimum absolute atomic E-state index is 0.0596. The van der Waals surface area contributed by atoms with E-state index >= 15 is 0 Å². The Balaban J connectivity index is 1.41. The zero-order chi connectivity index (χ0) is 20.4. The van der Waals surface area contributed by atoms with Gasteiger partial charge in [-0.2, -0.15) is 0 Å². The molecule has 152 valence electrons. The van der Waals surface area contributed by atoms with Crippen LogP contribution in [0.25, 0.3) is 0 Å². The number of aryl methyl sites for hydroxylation is 1. The van der Waals surface area contributed by atoms with Gasteiger partial charge in [0.25, 0.3) is 0 Å². The number of fused-ring (bicyclic) bond motifs is 1. The Morgan fingerprint density at radius 3 is 2.86 bits per heavy atom. The summed E-state index contributed by atoms with van der Waals surface area (Å²) in [6.45, 7) is 0. The number of carbonyl (C=O) groups is 2. The van der Waals surface area contributed by atoms with Gasteiger partial charge in [-0.05, 0) is 36.5 Å². The number of amides is 2. The second kappa shape index (κ2) is 8.41. The molecule has 2 N–H and O–H groups in total. The second-order valence-electron chi connectivity index (χ2n) is 7.61. The molecule has 7 nitrogen and oxygen atoms in total. The average Bonchev–Trinajstić information content (AvgIpc) is 3.33. The average molecular weight is 418 g/mol. The molecule has 1 saturated carbocycles. The first-order valence-corrected chi connectivity index (χ1v) is 10.2. The third-order valence-electron chi connectivity index (χ3n) is 5.51. The molecular formula is C20H21ClFN5O2. The lowest BCUT2D eigenvalue weighted by molar-refractivity contribution is -0.117. The van der Waals surface area contributed by atoms with Crippen LogP contribution in [0.4, 0.5) is 10.1 Å². The van der Waals surface area contributed by atoms with E-state index in [0.717, 1.165) is 12.5 Å². The Kier molecular flexibility index (Phi) is 5.71. The minimum atomic E-state index is -0.662. The third-order valence-corrected chi connectivity index (χ3v) is 5.73. The monoisotopic (exact) mass is 417 g/mol. The molecule has 1 aliphatic carbocycles. The number of anilines is 1. The maximum Gasteiger partial charge on any atom is 0.314 e. The van der Waals surface area contributed by atoms with E-state index in [1.54, 1.807) is 6.07 Å². The molecule has 0 saturated heterocycles. The quantitative estimate of drug-likeness (QED) is 0.740. The van der Waals surface area contributed by atoms with Crippen LogP contribution in [0.2, 0.25) is 5.02 Å². The summed E-state index contributed by atoms with van der Waals surface area (Å²) >= 11 is 5.89. The lowest BCUT2D eigenvalue weighted by Crippen LogP contribution is -2.23.